The number of rotatable bonds is 5. The van der Waals surface area contributed by atoms with Gasteiger partial charge in [-0.2, -0.15) is 0 Å². The van der Waals surface area contributed by atoms with Crippen LogP contribution in [0.2, 0.25) is 0 Å². The summed E-state index contributed by atoms with van der Waals surface area (Å²) in [7, 11) is 1.64. The number of aromatic nitrogens is 1. The molecule has 106 valence electrons. The molecule has 20 heavy (non-hydrogen) atoms. The van der Waals surface area contributed by atoms with Crippen molar-refractivity contribution in [1.29, 1.82) is 0 Å². The van der Waals surface area contributed by atoms with Crippen LogP contribution in [0, 0.1) is 0 Å². The van der Waals surface area contributed by atoms with E-state index in [2.05, 4.69) is 10.3 Å². The van der Waals surface area contributed by atoms with Crippen LogP contribution in [0.5, 0.6) is 5.75 Å². The van der Waals surface area contributed by atoms with Crippen molar-refractivity contribution >= 4 is 18.3 Å². The lowest BCUT2D eigenvalue weighted by molar-refractivity contribution is 0.0954. The Kier molecular flexibility index (Phi) is 6.53. The molecule has 1 amide bonds. The normalized spacial score (nSPS) is 9.45. The van der Waals surface area contributed by atoms with Crippen molar-refractivity contribution in [3.63, 3.8) is 0 Å². The molecule has 0 saturated heterocycles. The summed E-state index contributed by atoms with van der Waals surface area (Å²) >= 11 is 0. The topological polar surface area (TPSA) is 51.2 Å². The van der Waals surface area contributed by atoms with Crippen molar-refractivity contribution in [2.45, 2.75) is 6.42 Å². The van der Waals surface area contributed by atoms with E-state index in [1.807, 2.05) is 24.3 Å². The SMILES string of the molecule is COc1ccc(CCNC(=O)c2ccncc2)cc1.Cl. The molecular weight excluding hydrogens is 276 g/mol. The van der Waals surface area contributed by atoms with Crippen molar-refractivity contribution in [2.75, 3.05) is 13.7 Å². The Labute approximate surface area is 124 Å². The highest BCUT2D eigenvalue weighted by Gasteiger charge is 2.03. The second-order valence-corrected chi connectivity index (χ2v) is 4.09. The van der Waals surface area contributed by atoms with Gasteiger partial charge in [-0.15, -0.1) is 12.4 Å². The molecule has 0 atom stereocenters. The fraction of sp³-hybridized carbons (Fsp3) is 0.200. The first-order chi connectivity index (χ1) is 9.29. The smallest absolute Gasteiger partial charge is 0.251 e. The lowest BCUT2D eigenvalue weighted by Crippen LogP contribution is -2.25. The molecule has 0 radical (unpaired) electrons. The number of hydrogen-bond donors (Lipinski definition) is 1. The summed E-state index contributed by atoms with van der Waals surface area (Å²) in [6, 6.07) is 11.2. The van der Waals surface area contributed by atoms with Gasteiger partial charge in [-0.3, -0.25) is 9.78 Å². The number of ether oxygens (including phenoxy) is 1. The number of hydrogen-bond acceptors (Lipinski definition) is 3. The van der Waals surface area contributed by atoms with Crippen LogP contribution in [0.3, 0.4) is 0 Å². The Bertz CT molecular complexity index is 529. The van der Waals surface area contributed by atoms with Crippen LogP contribution in [0.15, 0.2) is 48.8 Å². The van der Waals surface area contributed by atoms with Crippen LogP contribution in [0.25, 0.3) is 0 Å². The average Bonchev–Trinajstić information content (AvgIpc) is 2.49. The molecule has 0 fully saturated rings. The number of nitrogens with zero attached hydrogens (tertiary/aromatic N) is 1. The summed E-state index contributed by atoms with van der Waals surface area (Å²) in [5.41, 5.74) is 1.79. The largest absolute Gasteiger partial charge is 0.497 e. The molecule has 0 aliphatic rings. The number of halogens is 1. The van der Waals surface area contributed by atoms with Gasteiger partial charge in [-0.05, 0) is 36.2 Å². The van der Waals surface area contributed by atoms with Gasteiger partial charge in [0.25, 0.3) is 5.91 Å². The fourth-order valence-electron chi connectivity index (χ4n) is 1.72. The molecular formula is C15H17ClN2O2. The maximum Gasteiger partial charge on any atom is 0.251 e. The zero-order chi connectivity index (χ0) is 13.5. The number of methoxy groups -OCH3 is 1. The number of carbonyl (C=O) groups excluding carboxylic acids is 1. The van der Waals surface area contributed by atoms with Gasteiger partial charge in [0, 0.05) is 24.5 Å². The molecule has 5 heteroatoms. The number of carbonyl (C=O) groups is 1. The third-order valence-electron chi connectivity index (χ3n) is 2.80. The summed E-state index contributed by atoms with van der Waals surface area (Å²) < 4.78 is 5.09. The van der Waals surface area contributed by atoms with Crippen LogP contribution in [0.4, 0.5) is 0 Å². The maximum atomic E-state index is 11.8. The van der Waals surface area contributed by atoms with E-state index in [-0.39, 0.29) is 18.3 Å². The van der Waals surface area contributed by atoms with E-state index in [1.54, 1.807) is 31.6 Å². The number of pyridine rings is 1. The van der Waals surface area contributed by atoms with Crippen LogP contribution < -0.4 is 10.1 Å². The average molecular weight is 293 g/mol. The first kappa shape index (κ1) is 16.0. The Balaban J connectivity index is 0.00000200. The fourth-order valence-corrected chi connectivity index (χ4v) is 1.72. The van der Waals surface area contributed by atoms with E-state index in [9.17, 15) is 4.79 Å². The van der Waals surface area contributed by atoms with Crippen molar-refractivity contribution in [3.05, 3.63) is 59.9 Å². The predicted octanol–water partition coefficient (Wildman–Crippen LogP) is 2.48. The van der Waals surface area contributed by atoms with Crippen molar-refractivity contribution < 1.29 is 9.53 Å². The van der Waals surface area contributed by atoms with Crippen LogP contribution in [0.1, 0.15) is 15.9 Å². The summed E-state index contributed by atoms with van der Waals surface area (Å²) in [6.45, 7) is 0.605. The van der Waals surface area contributed by atoms with E-state index >= 15 is 0 Å². The van der Waals surface area contributed by atoms with E-state index in [0.717, 1.165) is 17.7 Å². The van der Waals surface area contributed by atoms with E-state index in [4.69, 9.17) is 4.74 Å². The van der Waals surface area contributed by atoms with Gasteiger partial charge in [0.2, 0.25) is 0 Å². The molecule has 0 aliphatic heterocycles. The van der Waals surface area contributed by atoms with E-state index < -0.39 is 0 Å². The summed E-state index contributed by atoms with van der Waals surface area (Å²) in [4.78, 5) is 15.7. The van der Waals surface area contributed by atoms with Crippen LogP contribution in [-0.4, -0.2) is 24.5 Å². The van der Waals surface area contributed by atoms with Gasteiger partial charge in [-0.25, -0.2) is 0 Å². The second-order valence-electron chi connectivity index (χ2n) is 4.09. The minimum Gasteiger partial charge on any atom is -0.497 e. The van der Waals surface area contributed by atoms with Crippen LogP contribution >= 0.6 is 12.4 Å². The Morgan fingerprint density at radius 2 is 1.80 bits per heavy atom. The third-order valence-corrected chi connectivity index (χ3v) is 2.80. The minimum atomic E-state index is -0.0732. The first-order valence-electron chi connectivity index (χ1n) is 6.11. The highest BCUT2D eigenvalue weighted by molar-refractivity contribution is 5.93. The molecule has 0 spiro atoms. The van der Waals surface area contributed by atoms with Gasteiger partial charge in [-0.1, -0.05) is 12.1 Å². The van der Waals surface area contributed by atoms with Gasteiger partial charge in [0.05, 0.1) is 7.11 Å². The van der Waals surface area contributed by atoms with E-state index in [0.29, 0.717) is 12.1 Å². The Hall–Kier alpha value is -2.07. The molecule has 1 heterocycles. The molecule has 1 aromatic carbocycles. The standard InChI is InChI=1S/C15H16N2O2.ClH/c1-19-14-4-2-12(3-5-14)6-11-17-15(18)13-7-9-16-10-8-13;/h2-5,7-10H,6,11H2,1H3,(H,17,18);1H. The molecule has 1 N–H and O–H groups in total. The highest BCUT2D eigenvalue weighted by atomic mass is 35.5. The molecule has 0 saturated carbocycles. The number of nitrogens with one attached hydrogen (secondary N) is 1. The zero-order valence-electron chi connectivity index (χ0n) is 11.2. The van der Waals surface area contributed by atoms with Gasteiger partial charge < -0.3 is 10.1 Å². The van der Waals surface area contributed by atoms with E-state index in [1.165, 1.54) is 0 Å². The first-order valence-corrected chi connectivity index (χ1v) is 6.11. The Morgan fingerprint density at radius 3 is 2.40 bits per heavy atom. The third kappa shape index (κ3) is 4.55. The molecule has 4 nitrogen and oxygen atoms in total. The Morgan fingerprint density at radius 1 is 1.15 bits per heavy atom. The molecule has 1 aromatic heterocycles. The second kappa shape index (κ2) is 8.17. The lowest BCUT2D eigenvalue weighted by Gasteiger charge is -2.06. The minimum absolute atomic E-state index is 0. The van der Waals surface area contributed by atoms with Gasteiger partial charge in [0.1, 0.15) is 5.75 Å². The van der Waals surface area contributed by atoms with Crippen molar-refractivity contribution in [2.24, 2.45) is 0 Å². The maximum absolute atomic E-state index is 11.8. The predicted molar refractivity (Wildman–Crippen MR) is 80.5 cm³/mol. The number of amides is 1. The quantitative estimate of drug-likeness (QED) is 0.921. The highest BCUT2D eigenvalue weighted by Crippen LogP contribution is 2.11. The van der Waals surface area contributed by atoms with Crippen molar-refractivity contribution in [3.8, 4) is 5.75 Å². The van der Waals surface area contributed by atoms with Gasteiger partial charge >= 0.3 is 0 Å². The molecule has 2 aromatic rings. The summed E-state index contributed by atoms with van der Waals surface area (Å²) in [5.74, 6) is 0.764. The molecule has 2 rings (SSSR count). The molecule has 0 bridgehead atoms. The van der Waals surface area contributed by atoms with Gasteiger partial charge in [0.15, 0.2) is 0 Å². The number of benzene rings is 1. The monoisotopic (exact) mass is 292 g/mol. The molecule has 0 unspecified atom stereocenters. The summed E-state index contributed by atoms with van der Waals surface area (Å²) in [6.07, 6.45) is 4.01. The lowest BCUT2D eigenvalue weighted by atomic mass is 10.1. The summed E-state index contributed by atoms with van der Waals surface area (Å²) in [5, 5.41) is 2.88. The zero-order valence-corrected chi connectivity index (χ0v) is 12.0. The molecule has 0 aliphatic carbocycles. The van der Waals surface area contributed by atoms with Crippen molar-refractivity contribution in [1.82, 2.24) is 10.3 Å². The van der Waals surface area contributed by atoms with Crippen LogP contribution in [-0.2, 0) is 6.42 Å².